The number of nitrogens with one attached hydrogen (secondary N) is 1. The Hall–Kier alpha value is -1.98. The third kappa shape index (κ3) is 4.77. The Kier molecular flexibility index (Phi) is 5.66. The quantitative estimate of drug-likeness (QED) is 0.823. The van der Waals surface area contributed by atoms with Gasteiger partial charge < -0.3 is 15.3 Å². The number of para-hydroxylation sites is 1. The Labute approximate surface area is 153 Å². The molecule has 0 aromatic heterocycles. The van der Waals surface area contributed by atoms with E-state index in [1.54, 1.807) is 23.7 Å². The average Bonchev–Trinajstić information content (AvgIpc) is 3.03. The van der Waals surface area contributed by atoms with E-state index in [0.29, 0.717) is 6.54 Å². The monoisotopic (exact) mass is 356 g/mol. The van der Waals surface area contributed by atoms with E-state index < -0.39 is 5.60 Å². The number of hydrogen-bond donors (Lipinski definition) is 2. The van der Waals surface area contributed by atoms with Crippen molar-refractivity contribution >= 4 is 23.5 Å². The Bertz CT molecular complexity index is 715. The van der Waals surface area contributed by atoms with E-state index >= 15 is 0 Å². The third-order valence-corrected chi connectivity index (χ3v) is 5.60. The van der Waals surface area contributed by atoms with Crippen LogP contribution in [0.4, 0.5) is 10.5 Å². The minimum Gasteiger partial charge on any atom is -0.388 e. The average molecular weight is 356 g/mol. The Morgan fingerprint density at radius 2 is 1.76 bits per heavy atom. The van der Waals surface area contributed by atoms with Crippen molar-refractivity contribution < 1.29 is 9.90 Å². The number of likely N-dealkylation sites (N-methyl/N-ethyl adjacent to an activating group) is 1. The normalized spacial score (nSPS) is 15.8. The van der Waals surface area contributed by atoms with Crippen molar-refractivity contribution in [3.05, 3.63) is 54.6 Å². The minimum absolute atomic E-state index is 0.193. The van der Waals surface area contributed by atoms with Gasteiger partial charge in [-0.15, -0.1) is 0 Å². The molecule has 2 aromatic rings. The summed E-state index contributed by atoms with van der Waals surface area (Å²) < 4.78 is 0. The van der Waals surface area contributed by atoms with E-state index in [1.165, 1.54) is 0 Å². The fraction of sp³-hybridized carbons (Fsp3) is 0.350. The maximum absolute atomic E-state index is 12.5. The van der Waals surface area contributed by atoms with Crippen LogP contribution in [0.5, 0.6) is 0 Å². The molecule has 25 heavy (non-hydrogen) atoms. The lowest BCUT2D eigenvalue weighted by Crippen LogP contribution is -2.43. The molecule has 1 saturated carbocycles. The molecule has 3 rings (SSSR count). The van der Waals surface area contributed by atoms with Crippen LogP contribution in [-0.4, -0.2) is 35.2 Å². The molecule has 2 amide bonds. The molecule has 0 unspecified atom stereocenters. The molecule has 2 aromatic carbocycles. The second kappa shape index (κ2) is 7.93. The lowest BCUT2D eigenvalue weighted by atomic mass is 10.0. The van der Waals surface area contributed by atoms with Gasteiger partial charge in [0.2, 0.25) is 0 Å². The van der Waals surface area contributed by atoms with Crippen molar-refractivity contribution in [3.8, 4) is 0 Å². The number of amides is 2. The van der Waals surface area contributed by atoms with Crippen LogP contribution in [0.1, 0.15) is 25.7 Å². The smallest absolute Gasteiger partial charge is 0.321 e. The van der Waals surface area contributed by atoms with Crippen molar-refractivity contribution in [2.75, 3.05) is 18.9 Å². The standard InChI is InChI=1S/C20H24N2O2S/c1-22(15-20(24)13-7-8-14-20)19(23)21-17-11-5-6-12-18(17)25-16-9-3-2-4-10-16/h2-6,9-12,24H,7-8,13-15H2,1H3,(H,21,23). The van der Waals surface area contributed by atoms with Gasteiger partial charge in [-0.25, -0.2) is 4.79 Å². The van der Waals surface area contributed by atoms with Crippen LogP contribution in [0, 0.1) is 0 Å². The number of carbonyl (C=O) groups excluding carboxylic acids is 1. The van der Waals surface area contributed by atoms with Gasteiger partial charge in [-0.2, -0.15) is 0 Å². The molecule has 0 saturated heterocycles. The van der Waals surface area contributed by atoms with E-state index in [-0.39, 0.29) is 6.03 Å². The van der Waals surface area contributed by atoms with Crippen LogP contribution in [0.25, 0.3) is 0 Å². The van der Waals surface area contributed by atoms with Crippen molar-refractivity contribution in [3.63, 3.8) is 0 Å². The SMILES string of the molecule is CN(CC1(O)CCCC1)C(=O)Nc1ccccc1Sc1ccccc1. The number of aliphatic hydroxyl groups is 1. The van der Waals surface area contributed by atoms with Crippen LogP contribution < -0.4 is 5.32 Å². The first-order valence-corrected chi connectivity index (χ1v) is 9.44. The van der Waals surface area contributed by atoms with Gasteiger partial charge in [0.15, 0.2) is 0 Å². The van der Waals surface area contributed by atoms with E-state index in [4.69, 9.17) is 0 Å². The molecular weight excluding hydrogens is 332 g/mol. The van der Waals surface area contributed by atoms with Gasteiger partial charge in [0.05, 0.1) is 17.8 Å². The summed E-state index contributed by atoms with van der Waals surface area (Å²) in [6.45, 7) is 0.368. The summed E-state index contributed by atoms with van der Waals surface area (Å²) in [5, 5.41) is 13.5. The first-order chi connectivity index (χ1) is 12.1. The fourth-order valence-corrected chi connectivity index (χ4v) is 4.11. The van der Waals surface area contributed by atoms with Crippen LogP contribution in [-0.2, 0) is 0 Å². The zero-order valence-corrected chi connectivity index (χ0v) is 15.3. The maximum Gasteiger partial charge on any atom is 0.321 e. The molecule has 0 atom stereocenters. The van der Waals surface area contributed by atoms with Gasteiger partial charge in [-0.05, 0) is 37.1 Å². The molecule has 4 nitrogen and oxygen atoms in total. The van der Waals surface area contributed by atoms with E-state index in [9.17, 15) is 9.90 Å². The molecule has 1 fully saturated rings. The van der Waals surface area contributed by atoms with Crippen LogP contribution in [0.2, 0.25) is 0 Å². The van der Waals surface area contributed by atoms with Crippen LogP contribution in [0.3, 0.4) is 0 Å². The molecule has 2 N–H and O–H groups in total. The predicted molar refractivity (Wildman–Crippen MR) is 102 cm³/mol. The number of rotatable bonds is 5. The third-order valence-electron chi connectivity index (χ3n) is 4.51. The Morgan fingerprint density at radius 3 is 2.48 bits per heavy atom. The molecule has 0 heterocycles. The van der Waals surface area contributed by atoms with E-state index in [1.807, 2.05) is 54.6 Å². The Balaban J connectivity index is 1.66. The van der Waals surface area contributed by atoms with Crippen molar-refractivity contribution in [2.24, 2.45) is 0 Å². The van der Waals surface area contributed by atoms with Crippen molar-refractivity contribution in [2.45, 2.75) is 41.1 Å². The summed E-state index contributed by atoms with van der Waals surface area (Å²) in [5.74, 6) is 0. The van der Waals surface area contributed by atoms with Crippen molar-refractivity contribution in [1.29, 1.82) is 0 Å². The summed E-state index contributed by atoms with van der Waals surface area (Å²) in [7, 11) is 1.73. The van der Waals surface area contributed by atoms with Gasteiger partial charge in [0.1, 0.15) is 0 Å². The molecule has 1 aliphatic rings. The molecular formula is C20H24N2O2S. The first-order valence-electron chi connectivity index (χ1n) is 8.62. The number of hydrogen-bond acceptors (Lipinski definition) is 3. The highest BCUT2D eigenvalue weighted by Gasteiger charge is 2.33. The predicted octanol–water partition coefficient (Wildman–Crippen LogP) is 4.61. The Morgan fingerprint density at radius 1 is 1.12 bits per heavy atom. The second-order valence-corrected chi connectivity index (χ2v) is 7.74. The van der Waals surface area contributed by atoms with Gasteiger partial charge in [0.25, 0.3) is 0 Å². The molecule has 0 aliphatic heterocycles. The number of urea groups is 1. The number of benzene rings is 2. The zero-order valence-electron chi connectivity index (χ0n) is 14.4. The van der Waals surface area contributed by atoms with Crippen molar-refractivity contribution in [1.82, 2.24) is 4.90 Å². The topological polar surface area (TPSA) is 52.6 Å². The number of anilines is 1. The number of carbonyl (C=O) groups is 1. The summed E-state index contributed by atoms with van der Waals surface area (Å²) in [6, 6.07) is 17.7. The number of nitrogens with zero attached hydrogens (tertiary/aromatic N) is 1. The summed E-state index contributed by atoms with van der Waals surface area (Å²) in [5.41, 5.74) is 0.0522. The molecule has 0 spiro atoms. The second-order valence-electron chi connectivity index (χ2n) is 6.63. The van der Waals surface area contributed by atoms with Gasteiger partial charge in [-0.3, -0.25) is 0 Å². The largest absolute Gasteiger partial charge is 0.388 e. The summed E-state index contributed by atoms with van der Waals surface area (Å²) >= 11 is 1.62. The molecule has 0 bridgehead atoms. The van der Waals surface area contributed by atoms with E-state index in [2.05, 4.69) is 5.32 Å². The lowest BCUT2D eigenvalue weighted by molar-refractivity contribution is 0.0261. The highest BCUT2D eigenvalue weighted by Crippen LogP contribution is 2.34. The molecule has 0 radical (unpaired) electrons. The van der Waals surface area contributed by atoms with Gasteiger partial charge in [-0.1, -0.05) is 54.9 Å². The minimum atomic E-state index is -0.732. The van der Waals surface area contributed by atoms with Gasteiger partial charge >= 0.3 is 6.03 Å². The van der Waals surface area contributed by atoms with Gasteiger partial charge in [0, 0.05) is 16.8 Å². The highest BCUT2D eigenvalue weighted by atomic mass is 32.2. The maximum atomic E-state index is 12.5. The summed E-state index contributed by atoms with van der Waals surface area (Å²) in [4.78, 5) is 16.2. The molecule has 1 aliphatic carbocycles. The molecule has 5 heteroatoms. The lowest BCUT2D eigenvalue weighted by Gasteiger charge is -2.28. The summed E-state index contributed by atoms with van der Waals surface area (Å²) in [6.07, 6.45) is 3.60. The van der Waals surface area contributed by atoms with E-state index in [0.717, 1.165) is 41.2 Å². The molecule has 132 valence electrons. The van der Waals surface area contributed by atoms with Crippen LogP contribution >= 0.6 is 11.8 Å². The fourth-order valence-electron chi connectivity index (χ4n) is 3.19. The first kappa shape index (κ1) is 17.8. The zero-order chi connectivity index (χ0) is 17.7. The highest BCUT2D eigenvalue weighted by molar-refractivity contribution is 7.99. The van der Waals surface area contributed by atoms with Crippen LogP contribution in [0.15, 0.2) is 64.4 Å².